The van der Waals surface area contributed by atoms with Gasteiger partial charge in [0, 0.05) is 11.7 Å². The Balaban J connectivity index is 1.90. The van der Waals surface area contributed by atoms with Crippen LogP contribution in [-0.2, 0) is 16.0 Å². The molecular formula is C20H20F4N2O3S. The number of hydrogen-bond acceptors (Lipinski definition) is 4. The molecule has 0 aliphatic carbocycles. The maximum atomic E-state index is 13.3. The second-order valence-electron chi connectivity index (χ2n) is 7.24. The summed E-state index contributed by atoms with van der Waals surface area (Å²) in [6.07, 6.45) is -4.12. The molecule has 30 heavy (non-hydrogen) atoms. The minimum atomic E-state index is -4.61. The molecule has 0 atom stereocenters. The first kappa shape index (κ1) is 22.1. The van der Waals surface area contributed by atoms with Crippen molar-refractivity contribution in [1.82, 2.24) is 5.32 Å². The van der Waals surface area contributed by atoms with Gasteiger partial charge in [-0.15, -0.1) is 0 Å². The molecule has 0 radical (unpaired) electrons. The first-order valence-corrected chi connectivity index (χ1v) is 11.0. The highest BCUT2D eigenvalue weighted by atomic mass is 32.2. The van der Waals surface area contributed by atoms with E-state index >= 15 is 0 Å². The summed E-state index contributed by atoms with van der Waals surface area (Å²) in [6.45, 7) is 1.58. The number of carbonyl (C=O) groups is 1. The summed E-state index contributed by atoms with van der Waals surface area (Å²) in [5.41, 5.74) is -0.240. The fourth-order valence-corrected chi connectivity index (χ4v) is 4.72. The van der Waals surface area contributed by atoms with E-state index in [2.05, 4.69) is 10.6 Å². The molecule has 10 heteroatoms. The average molecular weight is 444 g/mol. The molecule has 0 spiro atoms. The highest BCUT2D eigenvalue weighted by molar-refractivity contribution is 7.91. The first-order chi connectivity index (χ1) is 13.9. The van der Waals surface area contributed by atoms with Gasteiger partial charge in [0.1, 0.15) is 15.7 Å². The van der Waals surface area contributed by atoms with Crippen LogP contribution in [0.1, 0.15) is 34.3 Å². The quantitative estimate of drug-likeness (QED) is 0.693. The molecule has 3 rings (SSSR count). The second-order valence-corrected chi connectivity index (χ2v) is 9.55. The molecule has 2 N–H and O–H groups in total. The van der Waals surface area contributed by atoms with E-state index in [1.165, 1.54) is 12.1 Å². The van der Waals surface area contributed by atoms with E-state index in [0.29, 0.717) is 11.3 Å². The second kappa shape index (κ2) is 8.25. The molecule has 1 heterocycles. The Bertz CT molecular complexity index is 1050. The number of halogens is 4. The summed E-state index contributed by atoms with van der Waals surface area (Å²) in [6, 6.07) is 6.07. The lowest BCUT2D eigenvalue weighted by atomic mass is 10.1. The van der Waals surface area contributed by atoms with E-state index < -0.39 is 33.3 Å². The van der Waals surface area contributed by atoms with Crippen LogP contribution in [-0.4, -0.2) is 31.9 Å². The van der Waals surface area contributed by atoms with E-state index in [1.54, 1.807) is 6.92 Å². The lowest BCUT2D eigenvalue weighted by Crippen LogP contribution is -2.41. The van der Waals surface area contributed by atoms with Crippen molar-refractivity contribution >= 4 is 27.1 Å². The number of rotatable bonds is 4. The van der Waals surface area contributed by atoms with E-state index in [-0.39, 0.29) is 41.6 Å². The Morgan fingerprint density at radius 1 is 1.03 bits per heavy atom. The van der Waals surface area contributed by atoms with Crippen molar-refractivity contribution in [3.05, 3.63) is 58.9 Å². The number of benzene rings is 2. The molecule has 1 saturated heterocycles. The van der Waals surface area contributed by atoms with E-state index in [1.807, 2.05) is 0 Å². The van der Waals surface area contributed by atoms with Crippen molar-refractivity contribution in [1.29, 1.82) is 0 Å². The molecule has 0 unspecified atom stereocenters. The summed E-state index contributed by atoms with van der Waals surface area (Å²) in [5.74, 6) is -1.21. The van der Waals surface area contributed by atoms with Crippen LogP contribution in [0.25, 0.3) is 0 Å². The van der Waals surface area contributed by atoms with Crippen LogP contribution in [0.5, 0.6) is 0 Å². The topological polar surface area (TPSA) is 75.3 Å². The fraction of sp³-hybridized carbons (Fsp3) is 0.350. The van der Waals surface area contributed by atoms with Crippen molar-refractivity contribution in [3.8, 4) is 0 Å². The molecule has 2 aromatic rings. The van der Waals surface area contributed by atoms with Gasteiger partial charge in [-0.3, -0.25) is 4.79 Å². The van der Waals surface area contributed by atoms with Crippen molar-refractivity contribution < 1.29 is 30.8 Å². The van der Waals surface area contributed by atoms with Crippen LogP contribution in [0, 0.1) is 12.7 Å². The zero-order chi connectivity index (χ0) is 22.1. The molecule has 1 fully saturated rings. The molecule has 0 aromatic heterocycles. The third kappa shape index (κ3) is 5.29. The molecule has 2 aromatic carbocycles. The zero-order valence-corrected chi connectivity index (χ0v) is 16.8. The molecule has 162 valence electrons. The van der Waals surface area contributed by atoms with Gasteiger partial charge in [-0.25, -0.2) is 12.8 Å². The maximum Gasteiger partial charge on any atom is 0.416 e. The SMILES string of the molecule is Cc1cc(F)ccc1Nc1cc(C(F)(F)F)ccc1C(=O)NC1CCS(=O)(=O)CC1. The number of aryl methyl sites for hydroxylation is 1. The number of sulfone groups is 1. The lowest BCUT2D eigenvalue weighted by Gasteiger charge is -2.24. The van der Waals surface area contributed by atoms with Crippen LogP contribution in [0.3, 0.4) is 0 Å². The van der Waals surface area contributed by atoms with Gasteiger partial charge in [0.05, 0.1) is 28.3 Å². The van der Waals surface area contributed by atoms with Crippen molar-refractivity contribution in [2.45, 2.75) is 32.0 Å². The number of amides is 1. The Morgan fingerprint density at radius 3 is 2.30 bits per heavy atom. The van der Waals surface area contributed by atoms with Gasteiger partial charge in [0.25, 0.3) is 5.91 Å². The van der Waals surface area contributed by atoms with Gasteiger partial charge in [-0.2, -0.15) is 13.2 Å². The molecule has 1 aliphatic rings. The zero-order valence-electron chi connectivity index (χ0n) is 16.0. The Hall–Kier alpha value is -2.62. The largest absolute Gasteiger partial charge is 0.416 e. The van der Waals surface area contributed by atoms with Crippen molar-refractivity contribution in [2.24, 2.45) is 0 Å². The van der Waals surface area contributed by atoms with E-state index in [9.17, 15) is 30.8 Å². The summed E-state index contributed by atoms with van der Waals surface area (Å²) in [4.78, 5) is 12.7. The monoisotopic (exact) mass is 444 g/mol. The first-order valence-electron chi connectivity index (χ1n) is 9.20. The highest BCUT2D eigenvalue weighted by Crippen LogP contribution is 2.34. The van der Waals surface area contributed by atoms with Gasteiger partial charge in [0.2, 0.25) is 0 Å². The van der Waals surface area contributed by atoms with Crippen LogP contribution >= 0.6 is 0 Å². The molecule has 1 amide bonds. The summed E-state index contributed by atoms with van der Waals surface area (Å²) in [5, 5.41) is 5.48. The van der Waals surface area contributed by atoms with Crippen LogP contribution in [0.15, 0.2) is 36.4 Å². The van der Waals surface area contributed by atoms with Gasteiger partial charge in [0.15, 0.2) is 0 Å². The van der Waals surface area contributed by atoms with Crippen LogP contribution in [0.4, 0.5) is 28.9 Å². The predicted octanol–water partition coefficient (Wildman–Crippen LogP) is 4.20. The highest BCUT2D eigenvalue weighted by Gasteiger charge is 2.32. The van der Waals surface area contributed by atoms with Gasteiger partial charge < -0.3 is 10.6 Å². The standard InChI is InChI=1S/C20H20F4N2O3S/c1-12-10-14(21)3-5-17(12)26-18-11-13(20(22,23)24)2-4-16(18)19(27)25-15-6-8-30(28,29)9-7-15/h2-5,10-11,15,26H,6-9H2,1H3,(H,25,27). The summed E-state index contributed by atoms with van der Waals surface area (Å²) < 4.78 is 76.0. The Morgan fingerprint density at radius 2 is 1.70 bits per heavy atom. The smallest absolute Gasteiger partial charge is 0.355 e. The molecule has 5 nitrogen and oxygen atoms in total. The summed E-state index contributed by atoms with van der Waals surface area (Å²) >= 11 is 0. The minimum absolute atomic E-state index is 0.0276. The lowest BCUT2D eigenvalue weighted by molar-refractivity contribution is -0.137. The maximum absolute atomic E-state index is 13.3. The molecule has 0 bridgehead atoms. The number of hydrogen-bond donors (Lipinski definition) is 2. The third-order valence-electron chi connectivity index (χ3n) is 4.94. The number of nitrogens with one attached hydrogen (secondary N) is 2. The van der Waals surface area contributed by atoms with Gasteiger partial charge in [-0.05, 0) is 61.7 Å². The molecular weight excluding hydrogens is 424 g/mol. The Labute approximate surface area is 171 Å². The number of alkyl halides is 3. The predicted molar refractivity (Wildman–Crippen MR) is 105 cm³/mol. The average Bonchev–Trinajstić information content (AvgIpc) is 2.65. The van der Waals surface area contributed by atoms with Gasteiger partial charge >= 0.3 is 6.18 Å². The van der Waals surface area contributed by atoms with Crippen molar-refractivity contribution in [3.63, 3.8) is 0 Å². The van der Waals surface area contributed by atoms with Crippen LogP contribution < -0.4 is 10.6 Å². The van der Waals surface area contributed by atoms with E-state index in [4.69, 9.17) is 0 Å². The fourth-order valence-electron chi connectivity index (χ4n) is 3.23. The Kier molecular flexibility index (Phi) is 6.07. The normalized spacial score (nSPS) is 16.8. The van der Waals surface area contributed by atoms with Crippen molar-refractivity contribution in [2.75, 3.05) is 16.8 Å². The minimum Gasteiger partial charge on any atom is -0.355 e. The molecule has 1 aliphatic heterocycles. The van der Waals surface area contributed by atoms with E-state index in [0.717, 1.165) is 24.3 Å². The molecule has 0 saturated carbocycles. The van der Waals surface area contributed by atoms with Crippen LogP contribution in [0.2, 0.25) is 0 Å². The number of anilines is 2. The summed E-state index contributed by atoms with van der Waals surface area (Å²) in [7, 11) is -3.11. The van der Waals surface area contributed by atoms with Gasteiger partial charge in [-0.1, -0.05) is 0 Å². The number of carbonyl (C=O) groups excluding carboxylic acids is 1. The third-order valence-corrected chi connectivity index (χ3v) is 6.65.